The Bertz CT molecular complexity index is 1060. The van der Waals surface area contributed by atoms with Crippen LogP contribution in [0.25, 0.3) is 6.08 Å². The van der Waals surface area contributed by atoms with E-state index in [2.05, 4.69) is 0 Å². The second-order valence-electron chi connectivity index (χ2n) is 6.23. The molecule has 0 radical (unpaired) electrons. The van der Waals surface area contributed by atoms with Gasteiger partial charge in [-0.15, -0.1) is 0 Å². The summed E-state index contributed by atoms with van der Waals surface area (Å²) in [4.78, 5) is 27.1. The number of carbonyl (C=O) groups is 2. The van der Waals surface area contributed by atoms with Crippen LogP contribution in [0.5, 0.6) is 0 Å². The monoisotopic (exact) mass is 435 g/mol. The zero-order chi connectivity index (χ0) is 20.6. The lowest BCUT2D eigenvalue weighted by atomic mass is 10.0. The topological polar surface area (TPSA) is 46.6 Å². The highest BCUT2D eigenvalue weighted by atomic mass is 35.5. The van der Waals surface area contributed by atoms with E-state index in [1.807, 2.05) is 13.0 Å². The number of methoxy groups -OCH3 is 1. The summed E-state index contributed by atoms with van der Waals surface area (Å²) in [5, 5.41) is 1.17. The van der Waals surface area contributed by atoms with Crippen LogP contribution < -0.4 is 4.90 Å². The summed E-state index contributed by atoms with van der Waals surface area (Å²) in [5.41, 5.74) is 2.75. The van der Waals surface area contributed by atoms with Gasteiger partial charge in [0.05, 0.1) is 34.0 Å². The second-order valence-corrected chi connectivity index (χ2v) is 7.42. The molecular formula is C21H16Cl3NO3. The standard InChI is InChI=1S/C21H16Cl3NO3/c1-11-7-8-14(10-17(11)23)25-12(2)18(21(27)28-3)15(20(25)26)9-13-5-4-6-16(22)19(13)24/h4-10H,1-3H3/b15-9-. The number of hydrogen-bond donors (Lipinski definition) is 0. The molecule has 0 fully saturated rings. The molecular weight excluding hydrogens is 421 g/mol. The second kappa shape index (κ2) is 8.00. The predicted octanol–water partition coefficient (Wildman–Crippen LogP) is 5.83. The third-order valence-corrected chi connectivity index (χ3v) is 5.73. The molecule has 0 aromatic heterocycles. The van der Waals surface area contributed by atoms with Crippen LogP contribution in [0, 0.1) is 6.92 Å². The van der Waals surface area contributed by atoms with Crippen molar-refractivity contribution in [3.05, 3.63) is 79.4 Å². The number of halogens is 3. The first-order valence-corrected chi connectivity index (χ1v) is 9.45. The van der Waals surface area contributed by atoms with Crippen LogP contribution in [-0.2, 0) is 14.3 Å². The van der Waals surface area contributed by atoms with Crippen LogP contribution in [0.3, 0.4) is 0 Å². The summed E-state index contributed by atoms with van der Waals surface area (Å²) >= 11 is 18.6. The molecule has 2 aromatic carbocycles. The van der Waals surface area contributed by atoms with Gasteiger partial charge in [0.2, 0.25) is 0 Å². The van der Waals surface area contributed by atoms with Crippen LogP contribution in [0.15, 0.2) is 53.2 Å². The molecule has 3 rings (SSSR count). The number of nitrogens with zero attached hydrogens (tertiary/aromatic N) is 1. The van der Waals surface area contributed by atoms with Gasteiger partial charge in [-0.25, -0.2) is 4.79 Å². The first-order chi connectivity index (χ1) is 13.3. The average Bonchev–Trinajstić information content (AvgIpc) is 2.91. The van der Waals surface area contributed by atoms with Crippen molar-refractivity contribution in [1.29, 1.82) is 0 Å². The molecule has 144 valence electrons. The molecule has 7 heteroatoms. The number of ether oxygens (including phenoxy) is 1. The maximum atomic E-state index is 13.2. The van der Waals surface area contributed by atoms with Gasteiger partial charge in [0.15, 0.2) is 0 Å². The number of hydrogen-bond acceptors (Lipinski definition) is 3. The van der Waals surface area contributed by atoms with E-state index in [9.17, 15) is 9.59 Å². The first-order valence-electron chi connectivity index (χ1n) is 8.32. The van der Waals surface area contributed by atoms with Crippen molar-refractivity contribution in [2.75, 3.05) is 12.0 Å². The number of allylic oxidation sites excluding steroid dienone is 1. The quantitative estimate of drug-likeness (QED) is 0.449. The lowest BCUT2D eigenvalue weighted by molar-refractivity contribution is -0.136. The molecule has 4 nitrogen and oxygen atoms in total. The molecule has 1 aliphatic heterocycles. The van der Waals surface area contributed by atoms with Crippen molar-refractivity contribution < 1.29 is 14.3 Å². The molecule has 0 saturated heterocycles. The van der Waals surface area contributed by atoms with E-state index in [0.29, 0.717) is 32.0 Å². The van der Waals surface area contributed by atoms with Gasteiger partial charge in [0, 0.05) is 10.7 Å². The Hall–Kier alpha value is -2.27. The van der Waals surface area contributed by atoms with Crippen molar-refractivity contribution >= 4 is 58.4 Å². The Balaban J connectivity index is 2.19. The summed E-state index contributed by atoms with van der Waals surface area (Å²) in [6.45, 7) is 3.55. The minimum absolute atomic E-state index is 0.167. The SMILES string of the molecule is COC(=O)C1=C(C)N(c2ccc(C)c(Cl)c2)C(=O)/C1=C\c1cccc(Cl)c1Cl. The van der Waals surface area contributed by atoms with Crippen LogP contribution in [0.4, 0.5) is 5.69 Å². The van der Waals surface area contributed by atoms with Crippen molar-refractivity contribution in [3.8, 4) is 0 Å². The molecule has 0 bridgehead atoms. The maximum absolute atomic E-state index is 13.2. The predicted molar refractivity (Wildman–Crippen MR) is 113 cm³/mol. The van der Waals surface area contributed by atoms with Gasteiger partial charge in [-0.2, -0.15) is 0 Å². The molecule has 28 heavy (non-hydrogen) atoms. The average molecular weight is 437 g/mol. The molecule has 0 unspecified atom stereocenters. The van der Waals surface area contributed by atoms with E-state index >= 15 is 0 Å². The van der Waals surface area contributed by atoms with Crippen molar-refractivity contribution in [1.82, 2.24) is 0 Å². The van der Waals surface area contributed by atoms with Gasteiger partial charge >= 0.3 is 5.97 Å². The van der Waals surface area contributed by atoms with E-state index < -0.39 is 5.97 Å². The van der Waals surface area contributed by atoms with Gasteiger partial charge in [-0.3, -0.25) is 9.69 Å². The Kier molecular flexibility index (Phi) is 5.84. The summed E-state index contributed by atoms with van der Waals surface area (Å²) in [6, 6.07) is 10.3. The minimum atomic E-state index is -0.615. The zero-order valence-electron chi connectivity index (χ0n) is 15.3. The lowest BCUT2D eigenvalue weighted by Crippen LogP contribution is -2.24. The first kappa shape index (κ1) is 20.5. The van der Waals surface area contributed by atoms with Crippen LogP contribution in [0.2, 0.25) is 15.1 Å². The van der Waals surface area contributed by atoms with Crippen molar-refractivity contribution in [2.24, 2.45) is 0 Å². The lowest BCUT2D eigenvalue weighted by Gasteiger charge is -2.18. The van der Waals surface area contributed by atoms with Gasteiger partial charge in [-0.05, 0) is 49.2 Å². The third-order valence-electron chi connectivity index (χ3n) is 4.48. The fourth-order valence-electron chi connectivity index (χ4n) is 3.00. The van der Waals surface area contributed by atoms with Gasteiger partial charge in [-0.1, -0.05) is 53.0 Å². The fourth-order valence-corrected chi connectivity index (χ4v) is 3.54. The van der Waals surface area contributed by atoms with E-state index in [4.69, 9.17) is 39.5 Å². The largest absolute Gasteiger partial charge is 0.465 e. The smallest absolute Gasteiger partial charge is 0.340 e. The highest BCUT2D eigenvalue weighted by Gasteiger charge is 2.38. The highest BCUT2D eigenvalue weighted by molar-refractivity contribution is 6.43. The molecule has 0 saturated carbocycles. The number of benzene rings is 2. The number of rotatable bonds is 3. The Morgan fingerprint density at radius 2 is 1.79 bits per heavy atom. The van der Waals surface area contributed by atoms with E-state index in [-0.39, 0.29) is 17.1 Å². The minimum Gasteiger partial charge on any atom is -0.465 e. The summed E-state index contributed by atoms with van der Waals surface area (Å²) in [7, 11) is 1.27. The maximum Gasteiger partial charge on any atom is 0.340 e. The van der Waals surface area contributed by atoms with Crippen LogP contribution in [0.1, 0.15) is 18.1 Å². The Morgan fingerprint density at radius 1 is 1.07 bits per heavy atom. The summed E-state index contributed by atoms with van der Waals surface area (Å²) < 4.78 is 4.90. The number of amides is 1. The molecule has 1 aliphatic rings. The van der Waals surface area contributed by atoms with E-state index in [0.717, 1.165) is 5.56 Å². The molecule has 0 spiro atoms. The van der Waals surface area contributed by atoms with Crippen molar-refractivity contribution in [2.45, 2.75) is 13.8 Å². The molecule has 0 atom stereocenters. The number of aryl methyl sites for hydroxylation is 1. The zero-order valence-corrected chi connectivity index (χ0v) is 17.6. The van der Waals surface area contributed by atoms with Gasteiger partial charge < -0.3 is 4.74 Å². The molecule has 0 N–H and O–H groups in total. The number of carbonyl (C=O) groups excluding carboxylic acids is 2. The highest BCUT2D eigenvalue weighted by Crippen LogP contribution is 2.38. The molecule has 1 heterocycles. The number of anilines is 1. The summed E-state index contributed by atoms with van der Waals surface area (Å²) in [6.07, 6.45) is 1.54. The Morgan fingerprint density at radius 3 is 2.43 bits per heavy atom. The summed E-state index contributed by atoms with van der Waals surface area (Å²) in [5.74, 6) is -0.996. The van der Waals surface area contributed by atoms with E-state index in [1.54, 1.807) is 43.3 Å². The van der Waals surface area contributed by atoms with Crippen LogP contribution in [-0.4, -0.2) is 19.0 Å². The van der Waals surface area contributed by atoms with Gasteiger partial charge in [0.25, 0.3) is 5.91 Å². The van der Waals surface area contributed by atoms with Crippen molar-refractivity contribution in [3.63, 3.8) is 0 Å². The molecule has 1 amide bonds. The molecule has 2 aromatic rings. The van der Waals surface area contributed by atoms with Gasteiger partial charge in [0.1, 0.15) is 0 Å². The van der Waals surface area contributed by atoms with Crippen LogP contribution >= 0.6 is 34.8 Å². The Labute approximate surface area is 177 Å². The number of esters is 1. The molecule has 0 aliphatic carbocycles. The third kappa shape index (κ3) is 3.55. The normalized spacial score (nSPS) is 15.6. The fraction of sp³-hybridized carbons (Fsp3) is 0.143. The van der Waals surface area contributed by atoms with E-state index in [1.165, 1.54) is 12.0 Å².